The zero-order chi connectivity index (χ0) is 14.4. The number of H-pyrrole nitrogens is 1. The maximum absolute atomic E-state index is 4.96. The van der Waals surface area contributed by atoms with E-state index in [1.807, 2.05) is 30.1 Å². The summed E-state index contributed by atoms with van der Waals surface area (Å²) in [5.74, 6) is 0. The number of aromatic nitrogens is 2. The van der Waals surface area contributed by atoms with Gasteiger partial charge < -0.3 is 9.88 Å². The standard InChI is InChI=1S/C16H18N4S/c1-10-6-7-13(18-10)15-14(12-5-3-4-8-17-12)19-16-20(15)9-11(2)21-16/h3-8,11,14-15,18H,9H2,1-2H3/t11-,14+,15-/m0/s1. The van der Waals surface area contributed by atoms with Crippen molar-refractivity contribution in [2.24, 2.45) is 4.99 Å². The van der Waals surface area contributed by atoms with Crippen LogP contribution in [0.2, 0.25) is 0 Å². The topological polar surface area (TPSA) is 44.3 Å². The van der Waals surface area contributed by atoms with Gasteiger partial charge in [0.2, 0.25) is 0 Å². The Hall–Kier alpha value is -1.75. The van der Waals surface area contributed by atoms with Crippen molar-refractivity contribution in [3.63, 3.8) is 0 Å². The van der Waals surface area contributed by atoms with Gasteiger partial charge in [0, 0.05) is 29.4 Å². The van der Waals surface area contributed by atoms with Crippen molar-refractivity contribution in [3.8, 4) is 0 Å². The third-order valence-corrected chi connectivity index (χ3v) is 5.16. The smallest absolute Gasteiger partial charge is 0.160 e. The minimum atomic E-state index is 0.0826. The third-order valence-electron chi connectivity index (χ3n) is 4.05. The van der Waals surface area contributed by atoms with Crippen molar-refractivity contribution in [2.75, 3.05) is 6.54 Å². The molecule has 2 aliphatic rings. The van der Waals surface area contributed by atoms with E-state index in [1.165, 1.54) is 11.4 Å². The zero-order valence-electron chi connectivity index (χ0n) is 12.2. The molecular formula is C16H18N4S. The average molecular weight is 298 g/mol. The molecule has 0 spiro atoms. The quantitative estimate of drug-likeness (QED) is 0.925. The van der Waals surface area contributed by atoms with Crippen LogP contribution in [0.3, 0.4) is 0 Å². The first-order chi connectivity index (χ1) is 10.2. The molecule has 1 N–H and O–H groups in total. The van der Waals surface area contributed by atoms with Gasteiger partial charge in [-0.1, -0.05) is 24.8 Å². The summed E-state index contributed by atoms with van der Waals surface area (Å²) < 4.78 is 0. The molecular weight excluding hydrogens is 280 g/mol. The molecule has 0 aliphatic carbocycles. The van der Waals surface area contributed by atoms with Gasteiger partial charge in [-0.15, -0.1) is 0 Å². The van der Waals surface area contributed by atoms with Crippen LogP contribution in [0.4, 0.5) is 0 Å². The van der Waals surface area contributed by atoms with Gasteiger partial charge in [0.05, 0.1) is 11.7 Å². The lowest BCUT2D eigenvalue weighted by Gasteiger charge is -2.26. The number of aryl methyl sites for hydroxylation is 1. The number of fused-ring (bicyclic) bond motifs is 1. The van der Waals surface area contributed by atoms with Gasteiger partial charge in [-0.2, -0.15) is 0 Å². The maximum atomic E-state index is 4.96. The Morgan fingerprint density at radius 1 is 1.29 bits per heavy atom. The lowest BCUT2D eigenvalue weighted by molar-refractivity contribution is 0.316. The summed E-state index contributed by atoms with van der Waals surface area (Å²) in [4.78, 5) is 15.4. The highest BCUT2D eigenvalue weighted by molar-refractivity contribution is 8.14. The van der Waals surface area contributed by atoms with E-state index in [9.17, 15) is 0 Å². The number of pyridine rings is 1. The first kappa shape index (κ1) is 13.0. The average Bonchev–Trinajstić information content (AvgIpc) is 3.13. The molecule has 0 amide bonds. The molecule has 0 bridgehead atoms. The van der Waals surface area contributed by atoms with Crippen molar-refractivity contribution >= 4 is 16.9 Å². The Kier molecular flexibility index (Phi) is 3.03. The van der Waals surface area contributed by atoms with Crippen LogP contribution >= 0.6 is 11.8 Å². The van der Waals surface area contributed by atoms with Crippen LogP contribution in [0.15, 0.2) is 41.5 Å². The second-order valence-corrected chi connectivity index (χ2v) is 7.14. The number of hydrogen-bond acceptors (Lipinski definition) is 4. The Labute approximate surface area is 128 Å². The van der Waals surface area contributed by atoms with Crippen LogP contribution in [0, 0.1) is 6.92 Å². The van der Waals surface area contributed by atoms with Gasteiger partial charge in [0.15, 0.2) is 5.17 Å². The highest BCUT2D eigenvalue weighted by atomic mass is 32.2. The molecule has 0 saturated carbocycles. The van der Waals surface area contributed by atoms with E-state index in [4.69, 9.17) is 4.99 Å². The maximum Gasteiger partial charge on any atom is 0.160 e. The van der Waals surface area contributed by atoms with E-state index in [1.54, 1.807) is 0 Å². The molecule has 1 saturated heterocycles. The lowest BCUT2D eigenvalue weighted by atomic mass is 10.0. The SMILES string of the molecule is Cc1ccc([C@H]2[C@@H](c3ccccn3)N=C3S[C@@H](C)CN32)[nH]1. The predicted octanol–water partition coefficient (Wildman–Crippen LogP) is 3.31. The fourth-order valence-electron chi connectivity index (χ4n) is 3.15. The third kappa shape index (κ3) is 2.16. The van der Waals surface area contributed by atoms with Gasteiger partial charge in [-0.05, 0) is 31.2 Å². The van der Waals surface area contributed by atoms with Crippen molar-refractivity contribution in [3.05, 3.63) is 53.6 Å². The summed E-state index contributed by atoms with van der Waals surface area (Å²) in [7, 11) is 0. The fourth-order valence-corrected chi connectivity index (χ4v) is 4.25. The van der Waals surface area contributed by atoms with Crippen molar-refractivity contribution < 1.29 is 0 Å². The minimum absolute atomic E-state index is 0.0826. The fraction of sp³-hybridized carbons (Fsp3) is 0.375. The summed E-state index contributed by atoms with van der Waals surface area (Å²) in [5.41, 5.74) is 3.47. The molecule has 4 rings (SSSR count). The van der Waals surface area contributed by atoms with E-state index in [0.717, 1.165) is 17.4 Å². The largest absolute Gasteiger partial charge is 0.361 e. The molecule has 0 aromatic carbocycles. The summed E-state index contributed by atoms with van der Waals surface area (Å²) in [6.45, 7) is 5.41. The Morgan fingerprint density at radius 3 is 2.90 bits per heavy atom. The molecule has 3 atom stereocenters. The van der Waals surface area contributed by atoms with E-state index >= 15 is 0 Å². The van der Waals surface area contributed by atoms with Gasteiger partial charge in [-0.3, -0.25) is 9.98 Å². The Balaban J connectivity index is 1.77. The number of aliphatic imine (C=N–C) groups is 1. The van der Waals surface area contributed by atoms with Crippen LogP contribution in [0.25, 0.3) is 0 Å². The summed E-state index contributed by atoms with van der Waals surface area (Å²) in [6, 6.07) is 10.7. The molecule has 4 heterocycles. The number of thioether (sulfide) groups is 1. The van der Waals surface area contributed by atoms with Gasteiger partial charge in [0.25, 0.3) is 0 Å². The van der Waals surface area contributed by atoms with E-state index in [0.29, 0.717) is 5.25 Å². The van der Waals surface area contributed by atoms with Crippen molar-refractivity contribution in [1.29, 1.82) is 0 Å². The molecule has 21 heavy (non-hydrogen) atoms. The number of rotatable bonds is 2. The van der Waals surface area contributed by atoms with Crippen LogP contribution in [-0.4, -0.2) is 31.8 Å². The first-order valence-electron chi connectivity index (χ1n) is 7.30. The number of hydrogen-bond donors (Lipinski definition) is 1. The number of nitrogens with one attached hydrogen (secondary N) is 1. The zero-order valence-corrected chi connectivity index (χ0v) is 13.0. The van der Waals surface area contributed by atoms with Crippen LogP contribution in [-0.2, 0) is 0 Å². The van der Waals surface area contributed by atoms with Crippen LogP contribution < -0.4 is 0 Å². The lowest BCUT2D eigenvalue weighted by Crippen LogP contribution is -2.28. The first-order valence-corrected chi connectivity index (χ1v) is 8.18. The molecule has 2 aromatic heterocycles. The second-order valence-electron chi connectivity index (χ2n) is 5.73. The monoisotopic (exact) mass is 298 g/mol. The van der Waals surface area contributed by atoms with Crippen LogP contribution in [0.1, 0.15) is 36.1 Å². The van der Waals surface area contributed by atoms with Crippen molar-refractivity contribution in [1.82, 2.24) is 14.9 Å². The Bertz CT molecular complexity index is 679. The molecule has 2 aliphatic heterocycles. The molecule has 5 heteroatoms. The molecule has 0 unspecified atom stereocenters. The van der Waals surface area contributed by atoms with E-state index < -0.39 is 0 Å². The molecule has 0 radical (unpaired) electrons. The number of nitrogens with zero attached hydrogens (tertiary/aromatic N) is 3. The molecule has 108 valence electrons. The van der Waals surface area contributed by atoms with Gasteiger partial charge in [-0.25, -0.2) is 0 Å². The van der Waals surface area contributed by atoms with E-state index in [2.05, 4.69) is 46.9 Å². The Morgan fingerprint density at radius 2 is 2.19 bits per heavy atom. The van der Waals surface area contributed by atoms with Crippen molar-refractivity contribution in [2.45, 2.75) is 31.2 Å². The minimum Gasteiger partial charge on any atom is -0.361 e. The number of aromatic amines is 1. The summed E-state index contributed by atoms with van der Waals surface area (Å²) in [5, 5.41) is 1.77. The van der Waals surface area contributed by atoms with Gasteiger partial charge in [0.1, 0.15) is 6.04 Å². The highest BCUT2D eigenvalue weighted by Gasteiger charge is 2.43. The summed E-state index contributed by atoms with van der Waals surface area (Å²) in [6.07, 6.45) is 1.85. The molecule has 1 fully saturated rings. The summed E-state index contributed by atoms with van der Waals surface area (Å²) >= 11 is 1.87. The normalized spacial score (nSPS) is 27.8. The van der Waals surface area contributed by atoms with E-state index in [-0.39, 0.29) is 12.1 Å². The predicted molar refractivity (Wildman–Crippen MR) is 86.4 cm³/mol. The highest BCUT2D eigenvalue weighted by Crippen LogP contribution is 2.47. The molecule has 4 nitrogen and oxygen atoms in total. The van der Waals surface area contributed by atoms with Crippen LogP contribution in [0.5, 0.6) is 0 Å². The van der Waals surface area contributed by atoms with Gasteiger partial charge >= 0.3 is 0 Å². The molecule has 2 aromatic rings. The second kappa shape index (κ2) is 4.91. The number of amidine groups is 1.